The molecule has 2 heterocycles. The van der Waals surface area contributed by atoms with Gasteiger partial charge in [-0.3, -0.25) is 0 Å². The van der Waals surface area contributed by atoms with Crippen LogP contribution in [0.25, 0.3) is 16.7 Å². The third kappa shape index (κ3) is 2.04. The maximum absolute atomic E-state index is 9.44. The van der Waals surface area contributed by atoms with Gasteiger partial charge in [0.15, 0.2) is 11.5 Å². The molecule has 100 valence electrons. The van der Waals surface area contributed by atoms with Crippen LogP contribution in [-0.2, 0) is 6.54 Å². The summed E-state index contributed by atoms with van der Waals surface area (Å²) in [6.07, 6.45) is 3.94. The van der Waals surface area contributed by atoms with Crippen LogP contribution in [0.2, 0.25) is 0 Å². The molecule has 0 aliphatic heterocycles. The van der Waals surface area contributed by atoms with E-state index in [0.29, 0.717) is 5.82 Å². The van der Waals surface area contributed by atoms with Crippen LogP contribution < -0.4 is 0 Å². The lowest BCUT2D eigenvalue weighted by Gasteiger charge is -2.12. The van der Waals surface area contributed by atoms with Crippen molar-refractivity contribution in [3.63, 3.8) is 0 Å². The van der Waals surface area contributed by atoms with E-state index in [1.165, 1.54) is 0 Å². The Kier molecular flexibility index (Phi) is 2.67. The van der Waals surface area contributed by atoms with E-state index in [-0.39, 0.29) is 12.0 Å². The van der Waals surface area contributed by atoms with Crippen LogP contribution >= 0.6 is 0 Å². The summed E-state index contributed by atoms with van der Waals surface area (Å²) in [4.78, 5) is 13.4. The third-order valence-corrected chi connectivity index (χ3v) is 3.82. The van der Waals surface area contributed by atoms with Crippen molar-refractivity contribution in [1.82, 2.24) is 19.5 Å². The first-order chi connectivity index (χ1) is 9.04. The maximum Gasteiger partial charge on any atom is 0.164 e. The Bertz CT molecular complexity index is 655. The van der Waals surface area contributed by atoms with Crippen LogP contribution in [0.1, 0.15) is 31.3 Å². The van der Waals surface area contributed by atoms with Crippen LogP contribution in [-0.4, -0.2) is 31.2 Å². The minimum Gasteiger partial charge on any atom is -0.396 e. The van der Waals surface area contributed by atoms with Gasteiger partial charge in [-0.15, -0.1) is 0 Å². The molecule has 1 fully saturated rings. The number of aliphatic hydroxyl groups excluding tert-OH is 1. The van der Waals surface area contributed by atoms with Gasteiger partial charge in [-0.25, -0.2) is 15.0 Å². The van der Waals surface area contributed by atoms with E-state index in [0.717, 1.165) is 41.8 Å². The molecule has 2 aromatic heterocycles. The number of hydrogen-bond donors (Lipinski definition) is 1. The fraction of sp³-hybridized carbons (Fsp3) is 0.500. The molecule has 1 N–H and O–H groups in total. The maximum atomic E-state index is 9.44. The van der Waals surface area contributed by atoms with Crippen molar-refractivity contribution in [3.8, 4) is 0 Å². The molecule has 1 aliphatic rings. The first-order valence-corrected chi connectivity index (χ1v) is 6.51. The van der Waals surface area contributed by atoms with E-state index >= 15 is 0 Å². The lowest BCUT2D eigenvalue weighted by atomic mass is 10.1. The van der Waals surface area contributed by atoms with Gasteiger partial charge in [0.25, 0.3) is 0 Å². The SMILES string of the molecule is C=C(C)c1nc(C)c2ncn(CC3(CO)CC3)c2n1. The van der Waals surface area contributed by atoms with Crippen molar-refractivity contribution in [2.75, 3.05) is 6.61 Å². The highest BCUT2D eigenvalue weighted by atomic mass is 16.3. The zero-order chi connectivity index (χ0) is 13.6. The third-order valence-electron chi connectivity index (χ3n) is 3.82. The molecule has 0 spiro atoms. The topological polar surface area (TPSA) is 63.8 Å². The van der Waals surface area contributed by atoms with Crippen molar-refractivity contribution < 1.29 is 5.11 Å². The zero-order valence-corrected chi connectivity index (χ0v) is 11.3. The first kappa shape index (κ1) is 12.3. The van der Waals surface area contributed by atoms with E-state index in [1.54, 1.807) is 6.33 Å². The lowest BCUT2D eigenvalue weighted by Crippen LogP contribution is -2.15. The monoisotopic (exact) mass is 258 g/mol. The molecule has 2 aromatic rings. The summed E-state index contributed by atoms with van der Waals surface area (Å²) in [6, 6.07) is 0. The predicted octanol–water partition coefficient (Wildman–Crippen LogP) is 1.94. The molecular formula is C14H18N4O. The molecule has 0 amide bonds. The summed E-state index contributed by atoms with van der Waals surface area (Å²) in [7, 11) is 0. The number of imidazole rings is 1. The highest BCUT2D eigenvalue weighted by Gasteiger charge is 2.42. The summed E-state index contributed by atoms with van der Waals surface area (Å²) in [5.41, 5.74) is 3.43. The molecule has 1 aliphatic carbocycles. The molecule has 0 aromatic carbocycles. The number of aryl methyl sites for hydroxylation is 1. The Morgan fingerprint density at radius 3 is 2.79 bits per heavy atom. The van der Waals surface area contributed by atoms with Gasteiger partial charge < -0.3 is 9.67 Å². The van der Waals surface area contributed by atoms with Gasteiger partial charge in [0.2, 0.25) is 0 Å². The average molecular weight is 258 g/mol. The second-order valence-corrected chi connectivity index (χ2v) is 5.62. The van der Waals surface area contributed by atoms with Crippen molar-refractivity contribution in [1.29, 1.82) is 0 Å². The van der Waals surface area contributed by atoms with Gasteiger partial charge in [0, 0.05) is 12.0 Å². The number of hydrogen-bond acceptors (Lipinski definition) is 4. The van der Waals surface area contributed by atoms with Crippen LogP contribution in [0.4, 0.5) is 0 Å². The molecular weight excluding hydrogens is 240 g/mol. The number of aliphatic hydroxyl groups is 1. The molecule has 0 atom stereocenters. The number of aromatic nitrogens is 4. The zero-order valence-electron chi connectivity index (χ0n) is 11.3. The molecule has 1 saturated carbocycles. The quantitative estimate of drug-likeness (QED) is 0.910. The van der Waals surface area contributed by atoms with E-state index in [1.807, 2.05) is 18.4 Å². The van der Waals surface area contributed by atoms with Gasteiger partial charge in [0.1, 0.15) is 5.52 Å². The Morgan fingerprint density at radius 1 is 1.47 bits per heavy atom. The van der Waals surface area contributed by atoms with Gasteiger partial charge >= 0.3 is 0 Å². The molecule has 5 nitrogen and oxygen atoms in total. The van der Waals surface area contributed by atoms with E-state index < -0.39 is 0 Å². The average Bonchev–Trinajstić information content (AvgIpc) is 3.04. The molecule has 0 saturated heterocycles. The second-order valence-electron chi connectivity index (χ2n) is 5.62. The minimum absolute atomic E-state index is 0.0376. The summed E-state index contributed by atoms with van der Waals surface area (Å²) in [6.45, 7) is 8.73. The molecule has 3 rings (SSSR count). The summed E-state index contributed by atoms with van der Waals surface area (Å²) in [5, 5.41) is 9.44. The number of fused-ring (bicyclic) bond motifs is 1. The Hall–Kier alpha value is -1.75. The van der Waals surface area contributed by atoms with E-state index in [9.17, 15) is 5.11 Å². The van der Waals surface area contributed by atoms with Crippen LogP contribution in [0.15, 0.2) is 12.9 Å². The summed E-state index contributed by atoms with van der Waals surface area (Å²) >= 11 is 0. The Labute approximate surface area is 112 Å². The minimum atomic E-state index is 0.0376. The van der Waals surface area contributed by atoms with Crippen LogP contribution in [0.5, 0.6) is 0 Å². The normalized spacial score (nSPS) is 16.8. The van der Waals surface area contributed by atoms with Crippen LogP contribution in [0, 0.1) is 12.3 Å². The molecule has 19 heavy (non-hydrogen) atoms. The summed E-state index contributed by atoms with van der Waals surface area (Å²) in [5.74, 6) is 0.667. The standard InChI is InChI=1S/C14H18N4O/c1-9(2)12-16-10(3)11-13(17-12)18(8-15-11)6-14(7-19)4-5-14/h8,19H,1,4-7H2,2-3H3. The fourth-order valence-corrected chi connectivity index (χ4v) is 2.30. The predicted molar refractivity (Wildman–Crippen MR) is 73.5 cm³/mol. The Balaban J connectivity index is 2.08. The van der Waals surface area contributed by atoms with Gasteiger partial charge in [-0.1, -0.05) is 6.58 Å². The van der Waals surface area contributed by atoms with Crippen molar-refractivity contribution >= 4 is 16.7 Å². The molecule has 0 radical (unpaired) electrons. The van der Waals surface area contributed by atoms with E-state index in [4.69, 9.17) is 0 Å². The smallest absolute Gasteiger partial charge is 0.164 e. The highest BCUT2D eigenvalue weighted by molar-refractivity contribution is 5.75. The molecule has 0 unspecified atom stereocenters. The van der Waals surface area contributed by atoms with Crippen molar-refractivity contribution in [2.45, 2.75) is 33.2 Å². The lowest BCUT2D eigenvalue weighted by molar-refractivity contribution is 0.195. The van der Waals surface area contributed by atoms with Gasteiger partial charge in [-0.05, 0) is 32.3 Å². The van der Waals surface area contributed by atoms with Gasteiger partial charge in [-0.2, -0.15) is 0 Å². The fourth-order valence-electron chi connectivity index (χ4n) is 2.30. The second kappa shape index (κ2) is 4.13. The Morgan fingerprint density at radius 2 is 2.21 bits per heavy atom. The van der Waals surface area contributed by atoms with E-state index in [2.05, 4.69) is 21.5 Å². The number of allylic oxidation sites excluding steroid dienone is 1. The van der Waals surface area contributed by atoms with Crippen LogP contribution in [0.3, 0.4) is 0 Å². The largest absolute Gasteiger partial charge is 0.396 e. The number of rotatable bonds is 4. The number of nitrogens with zero attached hydrogens (tertiary/aromatic N) is 4. The van der Waals surface area contributed by atoms with Crippen molar-refractivity contribution in [2.24, 2.45) is 5.41 Å². The summed E-state index contributed by atoms with van der Waals surface area (Å²) < 4.78 is 2.03. The highest BCUT2D eigenvalue weighted by Crippen LogP contribution is 2.46. The first-order valence-electron chi connectivity index (χ1n) is 6.51. The van der Waals surface area contributed by atoms with Gasteiger partial charge in [0.05, 0.1) is 18.6 Å². The molecule has 5 heteroatoms. The molecule has 0 bridgehead atoms. The van der Waals surface area contributed by atoms with Crippen molar-refractivity contribution in [3.05, 3.63) is 24.4 Å².